The molecular formula is C23H21BrFN3O3S. The Bertz CT molecular complexity index is 1210. The predicted octanol–water partition coefficient (Wildman–Crippen LogP) is 4.24. The quantitative estimate of drug-likeness (QED) is 0.358. The van der Waals surface area contributed by atoms with Crippen LogP contribution in [0.5, 0.6) is 0 Å². The number of nitrogens with one attached hydrogen (secondary N) is 1. The zero-order valence-electron chi connectivity index (χ0n) is 17.2. The van der Waals surface area contributed by atoms with Crippen molar-refractivity contribution in [2.24, 2.45) is 5.10 Å². The number of aryl methyl sites for hydroxylation is 1. The van der Waals surface area contributed by atoms with E-state index in [2.05, 4.69) is 26.5 Å². The topological polar surface area (TPSA) is 78.8 Å². The molecule has 3 aromatic carbocycles. The first-order chi connectivity index (χ1) is 15.2. The largest absolute Gasteiger partial charge is 0.272 e. The fraction of sp³-hybridized carbons (Fsp3) is 0.130. The van der Waals surface area contributed by atoms with Gasteiger partial charge in [0.2, 0.25) is 10.0 Å². The van der Waals surface area contributed by atoms with Crippen LogP contribution in [0.1, 0.15) is 16.7 Å². The highest BCUT2D eigenvalue weighted by Gasteiger charge is 2.27. The summed E-state index contributed by atoms with van der Waals surface area (Å²) in [6.45, 7) is 1.43. The van der Waals surface area contributed by atoms with Crippen molar-refractivity contribution in [2.45, 2.75) is 18.4 Å². The minimum Gasteiger partial charge on any atom is -0.272 e. The van der Waals surface area contributed by atoms with Crippen LogP contribution < -0.4 is 5.43 Å². The summed E-state index contributed by atoms with van der Waals surface area (Å²) >= 11 is 3.35. The normalized spacial score (nSPS) is 11.8. The molecule has 0 aliphatic rings. The molecule has 1 N–H and O–H groups in total. The van der Waals surface area contributed by atoms with Gasteiger partial charge in [-0.05, 0) is 54.4 Å². The summed E-state index contributed by atoms with van der Waals surface area (Å²) in [5.41, 5.74) is 4.41. The van der Waals surface area contributed by atoms with E-state index in [-0.39, 0.29) is 11.4 Å². The Hall–Kier alpha value is -2.88. The average molecular weight is 518 g/mol. The molecule has 0 bridgehead atoms. The van der Waals surface area contributed by atoms with Gasteiger partial charge >= 0.3 is 0 Å². The maximum absolute atomic E-state index is 13.2. The van der Waals surface area contributed by atoms with E-state index in [1.54, 1.807) is 42.5 Å². The number of halogens is 2. The molecule has 9 heteroatoms. The van der Waals surface area contributed by atoms with Gasteiger partial charge in [0.05, 0.1) is 17.7 Å². The maximum Gasteiger partial charge on any atom is 0.255 e. The Morgan fingerprint density at radius 3 is 2.44 bits per heavy atom. The molecule has 6 nitrogen and oxygen atoms in total. The summed E-state index contributed by atoms with van der Waals surface area (Å²) in [5.74, 6) is -1.05. The molecule has 0 radical (unpaired) electrons. The number of amides is 1. The molecule has 0 unspecified atom stereocenters. The molecule has 0 aliphatic carbocycles. The molecule has 32 heavy (non-hydrogen) atoms. The molecule has 1 amide bonds. The van der Waals surface area contributed by atoms with Crippen LogP contribution in [-0.2, 0) is 21.4 Å². The minimum absolute atomic E-state index is 0.00448. The van der Waals surface area contributed by atoms with Gasteiger partial charge in [-0.3, -0.25) is 4.79 Å². The molecule has 0 aromatic heterocycles. The molecule has 0 aliphatic heterocycles. The molecule has 3 rings (SSSR count). The van der Waals surface area contributed by atoms with Crippen molar-refractivity contribution in [3.63, 3.8) is 0 Å². The first-order valence-corrected chi connectivity index (χ1v) is 11.9. The van der Waals surface area contributed by atoms with Crippen molar-refractivity contribution < 1.29 is 17.6 Å². The maximum atomic E-state index is 13.2. The van der Waals surface area contributed by atoms with Crippen molar-refractivity contribution in [1.29, 1.82) is 0 Å². The number of sulfonamides is 1. The Kier molecular flexibility index (Phi) is 7.89. The minimum atomic E-state index is -3.94. The van der Waals surface area contributed by atoms with Crippen LogP contribution in [0.3, 0.4) is 0 Å². The Morgan fingerprint density at radius 1 is 1.09 bits per heavy atom. The van der Waals surface area contributed by atoms with E-state index in [9.17, 15) is 17.6 Å². The molecule has 0 saturated heterocycles. The number of carbonyl (C=O) groups is 1. The third-order valence-corrected chi connectivity index (χ3v) is 6.84. The molecule has 0 saturated carbocycles. The fourth-order valence-electron chi connectivity index (χ4n) is 2.84. The molecule has 0 spiro atoms. The van der Waals surface area contributed by atoms with Crippen LogP contribution in [0.2, 0.25) is 0 Å². The lowest BCUT2D eigenvalue weighted by Crippen LogP contribution is -2.39. The highest BCUT2D eigenvalue weighted by molar-refractivity contribution is 9.10. The Balaban J connectivity index is 1.79. The van der Waals surface area contributed by atoms with Gasteiger partial charge in [0, 0.05) is 11.0 Å². The van der Waals surface area contributed by atoms with Gasteiger partial charge in [0.15, 0.2) is 0 Å². The SMILES string of the molecule is Cc1ccc(S(=O)(=O)N(CC(=O)N/N=C\c2cccc(F)c2)Cc2ccc(Br)cc2)cc1. The average Bonchev–Trinajstić information content (AvgIpc) is 2.75. The van der Waals surface area contributed by atoms with Crippen molar-refractivity contribution in [1.82, 2.24) is 9.73 Å². The van der Waals surface area contributed by atoms with Crippen LogP contribution in [0, 0.1) is 12.7 Å². The number of carbonyl (C=O) groups excluding carboxylic acids is 1. The van der Waals surface area contributed by atoms with E-state index >= 15 is 0 Å². The summed E-state index contributed by atoms with van der Waals surface area (Å²) in [4.78, 5) is 12.6. The zero-order chi connectivity index (χ0) is 23.1. The lowest BCUT2D eigenvalue weighted by molar-refractivity contribution is -0.121. The van der Waals surface area contributed by atoms with Gasteiger partial charge < -0.3 is 0 Å². The lowest BCUT2D eigenvalue weighted by atomic mass is 10.2. The number of hydrogen-bond acceptors (Lipinski definition) is 4. The first kappa shape index (κ1) is 23.8. The lowest BCUT2D eigenvalue weighted by Gasteiger charge is -2.21. The van der Waals surface area contributed by atoms with Crippen LogP contribution in [-0.4, -0.2) is 31.4 Å². The molecular weight excluding hydrogens is 497 g/mol. The summed E-state index contributed by atoms with van der Waals surface area (Å²) in [6, 6.07) is 19.3. The van der Waals surface area contributed by atoms with Gasteiger partial charge in [0.25, 0.3) is 5.91 Å². The number of hydrogen-bond donors (Lipinski definition) is 1. The Morgan fingerprint density at radius 2 is 1.78 bits per heavy atom. The van der Waals surface area contributed by atoms with E-state index in [1.807, 2.05) is 6.92 Å². The highest BCUT2D eigenvalue weighted by Crippen LogP contribution is 2.20. The number of benzene rings is 3. The molecule has 3 aromatic rings. The molecule has 0 heterocycles. The summed E-state index contributed by atoms with van der Waals surface area (Å²) < 4.78 is 41.7. The van der Waals surface area contributed by atoms with E-state index in [0.29, 0.717) is 5.56 Å². The second-order valence-electron chi connectivity index (χ2n) is 7.06. The molecule has 166 valence electrons. The number of nitrogens with zero attached hydrogens (tertiary/aromatic N) is 2. The van der Waals surface area contributed by atoms with Crippen molar-refractivity contribution >= 4 is 38.1 Å². The third-order valence-electron chi connectivity index (χ3n) is 4.50. The highest BCUT2D eigenvalue weighted by atomic mass is 79.9. The summed E-state index contributed by atoms with van der Waals surface area (Å²) in [5, 5.41) is 3.80. The fourth-order valence-corrected chi connectivity index (χ4v) is 4.49. The summed E-state index contributed by atoms with van der Waals surface area (Å²) in [6.07, 6.45) is 1.29. The van der Waals surface area contributed by atoms with Crippen LogP contribution in [0.4, 0.5) is 4.39 Å². The zero-order valence-corrected chi connectivity index (χ0v) is 19.6. The number of hydrazone groups is 1. The van der Waals surface area contributed by atoms with Gasteiger partial charge in [-0.1, -0.05) is 57.9 Å². The van der Waals surface area contributed by atoms with Crippen molar-refractivity contribution in [2.75, 3.05) is 6.54 Å². The predicted molar refractivity (Wildman–Crippen MR) is 125 cm³/mol. The van der Waals surface area contributed by atoms with Gasteiger partial charge in [-0.15, -0.1) is 0 Å². The van der Waals surface area contributed by atoms with Crippen LogP contribution in [0.25, 0.3) is 0 Å². The number of rotatable bonds is 8. The van der Waals surface area contributed by atoms with Crippen LogP contribution in [0.15, 0.2) is 87.3 Å². The van der Waals surface area contributed by atoms with Crippen molar-refractivity contribution in [3.8, 4) is 0 Å². The third kappa shape index (κ3) is 6.56. The standard InChI is InChI=1S/C23H21BrFN3O3S/c1-17-5-11-22(12-6-17)32(30,31)28(15-18-7-9-20(24)10-8-18)16-23(29)27-26-14-19-3-2-4-21(25)13-19/h2-14H,15-16H2,1H3,(H,27,29)/b26-14-. The van der Waals surface area contributed by atoms with Gasteiger partial charge in [0.1, 0.15) is 5.82 Å². The smallest absolute Gasteiger partial charge is 0.255 e. The van der Waals surface area contributed by atoms with Crippen LogP contribution >= 0.6 is 15.9 Å². The second-order valence-corrected chi connectivity index (χ2v) is 9.91. The Labute approximate surface area is 195 Å². The summed E-state index contributed by atoms with van der Waals surface area (Å²) in [7, 11) is -3.94. The van der Waals surface area contributed by atoms with E-state index in [0.717, 1.165) is 19.9 Å². The molecule has 0 fully saturated rings. The van der Waals surface area contributed by atoms with E-state index < -0.39 is 28.3 Å². The second kappa shape index (κ2) is 10.6. The van der Waals surface area contributed by atoms with Gasteiger partial charge in [-0.2, -0.15) is 9.41 Å². The van der Waals surface area contributed by atoms with E-state index in [1.165, 1.54) is 36.5 Å². The van der Waals surface area contributed by atoms with Gasteiger partial charge in [-0.25, -0.2) is 18.2 Å². The van der Waals surface area contributed by atoms with E-state index in [4.69, 9.17) is 0 Å². The molecule has 0 atom stereocenters. The first-order valence-electron chi connectivity index (χ1n) is 9.63. The monoisotopic (exact) mass is 517 g/mol. The van der Waals surface area contributed by atoms with Crippen molar-refractivity contribution in [3.05, 3.63) is 99.8 Å².